The van der Waals surface area contributed by atoms with E-state index in [9.17, 15) is 19.0 Å². The quantitative estimate of drug-likeness (QED) is 0.425. The molecule has 5 rings (SSSR count). The van der Waals surface area contributed by atoms with Crippen LogP contribution in [0.25, 0.3) is 11.1 Å². The van der Waals surface area contributed by atoms with E-state index in [1.807, 2.05) is 31.2 Å². The number of halogens is 2. The maximum Gasteiger partial charge on any atom is 0.150 e. The molecule has 5 nitrogen and oxygen atoms in total. The smallest absolute Gasteiger partial charge is 0.150 e. The first-order chi connectivity index (χ1) is 17.4. The van der Waals surface area contributed by atoms with Crippen molar-refractivity contribution in [3.63, 3.8) is 0 Å². The van der Waals surface area contributed by atoms with Crippen molar-refractivity contribution in [2.45, 2.75) is 19.4 Å². The van der Waals surface area contributed by atoms with Crippen LogP contribution in [0.2, 0.25) is 0 Å². The van der Waals surface area contributed by atoms with Crippen LogP contribution in [0.4, 0.5) is 8.78 Å². The number of benzene rings is 3. The van der Waals surface area contributed by atoms with Gasteiger partial charge in [-0.05, 0) is 79.1 Å². The van der Waals surface area contributed by atoms with Crippen molar-refractivity contribution in [3.8, 4) is 23.0 Å². The second kappa shape index (κ2) is 10.2. The van der Waals surface area contributed by atoms with E-state index in [1.54, 1.807) is 18.2 Å². The number of hydrogen-bond donors (Lipinski definition) is 2. The Bertz CT molecular complexity index is 1250. The normalized spacial score (nSPS) is 19.8. The molecule has 2 heterocycles. The summed E-state index contributed by atoms with van der Waals surface area (Å²) >= 11 is 0. The van der Waals surface area contributed by atoms with Gasteiger partial charge in [-0.3, -0.25) is 9.29 Å². The standard InChI is InChI=1S/C29H29F2NO4/c1-18-26-15-23(33)4-7-27(26)36-29(28(18)21-12-22(31)14-24(34)13-21)20-2-5-25(6-3-20)35-11-10-32-9-8-19(16-30)17-32/h2-7,12-15,19,29,33-34H,8-11,16-17H2,1H3. The number of phenols is 2. The zero-order valence-electron chi connectivity index (χ0n) is 20.1. The van der Waals surface area contributed by atoms with Crippen molar-refractivity contribution >= 4 is 11.1 Å². The number of rotatable bonds is 7. The summed E-state index contributed by atoms with van der Waals surface area (Å²) in [4.78, 5) is 2.22. The number of phenolic OH excluding ortho intramolecular Hbond substituents is 2. The minimum Gasteiger partial charge on any atom is -0.508 e. The van der Waals surface area contributed by atoms with Crippen molar-refractivity contribution in [1.29, 1.82) is 0 Å². The van der Waals surface area contributed by atoms with Crippen LogP contribution in [-0.2, 0) is 0 Å². The van der Waals surface area contributed by atoms with Gasteiger partial charge in [-0.15, -0.1) is 0 Å². The zero-order chi connectivity index (χ0) is 25.2. The lowest BCUT2D eigenvalue weighted by Gasteiger charge is -2.31. The van der Waals surface area contributed by atoms with Gasteiger partial charge in [0.2, 0.25) is 0 Å². The average Bonchev–Trinajstić information content (AvgIpc) is 3.32. The number of ether oxygens (including phenoxy) is 2. The fourth-order valence-corrected chi connectivity index (χ4v) is 5.05. The number of likely N-dealkylation sites (tertiary alicyclic amines) is 1. The number of alkyl halides is 1. The van der Waals surface area contributed by atoms with E-state index < -0.39 is 11.9 Å². The Morgan fingerprint density at radius 1 is 1.03 bits per heavy atom. The molecule has 2 aliphatic heterocycles. The van der Waals surface area contributed by atoms with Crippen molar-refractivity contribution < 1.29 is 28.5 Å². The van der Waals surface area contributed by atoms with Crippen molar-refractivity contribution in [2.75, 3.05) is 32.9 Å². The van der Waals surface area contributed by atoms with Gasteiger partial charge in [-0.1, -0.05) is 12.1 Å². The van der Waals surface area contributed by atoms with Gasteiger partial charge in [0.05, 0.1) is 6.67 Å². The summed E-state index contributed by atoms with van der Waals surface area (Å²) in [6, 6.07) is 16.4. The summed E-state index contributed by atoms with van der Waals surface area (Å²) < 4.78 is 39.3. The molecule has 0 aliphatic carbocycles. The molecule has 1 fully saturated rings. The fraction of sp³-hybridized carbons (Fsp3) is 0.310. The molecule has 1 saturated heterocycles. The minimum atomic E-state index is -0.556. The van der Waals surface area contributed by atoms with Gasteiger partial charge in [0.1, 0.15) is 41.5 Å². The topological polar surface area (TPSA) is 62.2 Å². The molecular formula is C29H29F2NO4. The Labute approximate surface area is 209 Å². The molecule has 0 spiro atoms. The fourth-order valence-electron chi connectivity index (χ4n) is 5.05. The number of nitrogens with zero attached hydrogens (tertiary/aromatic N) is 1. The van der Waals surface area contributed by atoms with Crippen LogP contribution in [0.3, 0.4) is 0 Å². The van der Waals surface area contributed by atoms with Gasteiger partial charge in [0.25, 0.3) is 0 Å². The molecule has 0 aromatic heterocycles. The number of hydrogen-bond acceptors (Lipinski definition) is 5. The van der Waals surface area contributed by atoms with E-state index in [2.05, 4.69) is 4.90 Å². The number of fused-ring (bicyclic) bond motifs is 1. The summed E-state index contributed by atoms with van der Waals surface area (Å²) in [5, 5.41) is 20.1. The van der Waals surface area contributed by atoms with Crippen LogP contribution < -0.4 is 9.47 Å². The lowest BCUT2D eigenvalue weighted by molar-refractivity contribution is 0.228. The van der Waals surface area contributed by atoms with Crippen LogP contribution in [0.5, 0.6) is 23.0 Å². The van der Waals surface area contributed by atoms with Crippen LogP contribution in [0.15, 0.2) is 60.7 Å². The van der Waals surface area contributed by atoms with Gasteiger partial charge >= 0.3 is 0 Å². The second-order valence-electron chi connectivity index (χ2n) is 9.44. The second-order valence-corrected chi connectivity index (χ2v) is 9.44. The molecule has 0 saturated carbocycles. The molecule has 2 atom stereocenters. The van der Waals surface area contributed by atoms with Crippen LogP contribution in [-0.4, -0.2) is 48.0 Å². The summed E-state index contributed by atoms with van der Waals surface area (Å²) in [6.45, 7) is 4.58. The first-order valence-electron chi connectivity index (χ1n) is 12.1. The lowest BCUT2D eigenvalue weighted by Crippen LogP contribution is -2.26. The average molecular weight is 494 g/mol. The van der Waals surface area contributed by atoms with Crippen molar-refractivity contribution in [3.05, 3.63) is 83.2 Å². The highest BCUT2D eigenvalue weighted by molar-refractivity contribution is 5.95. The monoisotopic (exact) mass is 493 g/mol. The maximum absolute atomic E-state index is 14.2. The molecule has 3 aromatic rings. The highest BCUT2D eigenvalue weighted by Crippen LogP contribution is 2.47. The lowest BCUT2D eigenvalue weighted by atomic mass is 9.86. The van der Waals surface area contributed by atoms with Crippen LogP contribution in [0.1, 0.15) is 36.1 Å². The predicted molar refractivity (Wildman–Crippen MR) is 134 cm³/mol. The van der Waals surface area contributed by atoms with E-state index >= 15 is 0 Å². The molecule has 0 bridgehead atoms. The van der Waals surface area contributed by atoms with Crippen LogP contribution >= 0.6 is 0 Å². The van der Waals surface area contributed by atoms with Gasteiger partial charge in [0.15, 0.2) is 0 Å². The summed E-state index contributed by atoms with van der Waals surface area (Å²) in [7, 11) is 0. The molecule has 3 aromatic carbocycles. The molecule has 2 N–H and O–H groups in total. The highest BCUT2D eigenvalue weighted by atomic mass is 19.1. The third-order valence-electron chi connectivity index (χ3n) is 6.92. The Hall–Kier alpha value is -3.58. The molecule has 2 aliphatic rings. The van der Waals surface area contributed by atoms with E-state index in [-0.39, 0.29) is 24.1 Å². The first kappa shape index (κ1) is 24.1. The third-order valence-corrected chi connectivity index (χ3v) is 6.92. The first-order valence-corrected chi connectivity index (χ1v) is 12.1. The number of aromatic hydroxyl groups is 2. The molecular weight excluding hydrogens is 464 g/mol. The highest BCUT2D eigenvalue weighted by Gasteiger charge is 2.30. The predicted octanol–water partition coefficient (Wildman–Crippen LogP) is 5.97. The summed E-state index contributed by atoms with van der Waals surface area (Å²) in [5.41, 5.74) is 3.57. The van der Waals surface area contributed by atoms with Gasteiger partial charge < -0.3 is 19.7 Å². The largest absolute Gasteiger partial charge is 0.508 e. The van der Waals surface area contributed by atoms with E-state index in [0.717, 1.165) is 43.3 Å². The Morgan fingerprint density at radius 2 is 1.83 bits per heavy atom. The minimum absolute atomic E-state index is 0.104. The molecule has 36 heavy (non-hydrogen) atoms. The summed E-state index contributed by atoms with van der Waals surface area (Å²) in [6.07, 6.45) is 0.341. The van der Waals surface area contributed by atoms with Gasteiger partial charge in [-0.25, -0.2) is 4.39 Å². The molecule has 2 unspecified atom stereocenters. The third kappa shape index (κ3) is 5.02. The molecule has 7 heteroatoms. The van der Waals surface area contributed by atoms with E-state index in [1.165, 1.54) is 12.1 Å². The van der Waals surface area contributed by atoms with Crippen LogP contribution in [0, 0.1) is 11.7 Å². The number of allylic oxidation sites excluding steroid dienone is 1. The molecule has 188 valence electrons. The SMILES string of the molecule is CC1=C(c2cc(O)cc(F)c2)C(c2ccc(OCCN3CCC(CF)C3)cc2)Oc2ccc(O)cc21. The summed E-state index contributed by atoms with van der Waals surface area (Å²) in [5.74, 6) is 0.839. The van der Waals surface area contributed by atoms with E-state index in [4.69, 9.17) is 9.47 Å². The van der Waals surface area contributed by atoms with E-state index in [0.29, 0.717) is 34.8 Å². The van der Waals surface area contributed by atoms with Crippen molar-refractivity contribution in [2.24, 2.45) is 5.92 Å². The Morgan fingerprint density at radius 3 is 2.56 bits per heavy atom. The maximum atomic E-state index is 14.2. The zero-order valence-corrected chi connectivity index (χ0v) is 20.1. The van der Waals surface area contributed by atoms with Crippen molar-refractivity contribution in [1.82, 2.24) is 4.90 Å². The molecule has 0 amide bonds. The Kier molecular flexibility index (Phi) is 6.83. The van der Waals surface area contributed by atoms with Gasteiger partial charge in [-0.2, -0.15) is 0 Å². The Balaban J connectivity index is 1.39. The molecule has 0 radical (unpaired) electrons. The van der Waals surface area contributed by atoms with Gasteiger partial charge in [0, 0.05) is 36.2 Å².